The van der Waals surface area contributed by atoms with E-state index in [1.807, 2.05) is 52.8 Å². The molecule has 2 N–H and O–H groups in total. The molecule has 32 heavy (non-hydrogen) atoms. The molecule has 1 amide bonds. The van der Waals surface area contributed by atoms with Gasteiger partial charge in [-0.2, -0.15) is 4.31 Å². The van der Waals surface area contributed by atoms with Gasteiger partial charge in [0.05, 0.1) is 11.0 Å². The Kier molecular flexibility index (Phi) is 9.01. The van der Waals surface area contributed by atoms with Crippen LogP contribution in [0.5, 0.6) is 0 Å². The van der Waals surface area contributed by atoms with Crippen LogP contribution < -0.4 is 5.32 Å². The van der Waals surface area contributed by atoms with Gasteiger partial charge >= 0.3 is 0 Å². The van der Waals surface area contributed by atoms with Gasteiger partial charge in [0.25, 0.3) is 5.91 Å². The average Bonchev–Trinajstić information content (AvgIpc) is 2.71. The zero-order valence-electron chi connectivity index (χ0n) is 19.7. The van der Waals surface area contributed by atoms with Crippen molar-refractivity contribution >= 4 is 15.9 Å². The fourth-order valence-electron chi connectivity index (χ4n) is 3.44. The van der Waals surface area contributed by atoms with E-state index in [4.69, 9.17) is 0 Å². The smallest absolute Gasteiger partial charge is 0.251 e. The van der Waals surface area contributed by atoms with Crippen LogP contribution in [-0.4, -0.2) is 48.5 Å². The number of aliphatic hydroxyl groups excluding tert-OH is 1. The number of amides is 1. The van der Waals surface area contributed by atoms with E-state index in [0.29, 0.717) is 24.9 Å². The highest BCUT2D eigenvalue weighted by atomic mass is 32.2. The van der Waals surface area contributed by atoms with Crippen LogP contribution >= 0.6 is 0 Å². The summed E-state index contributed by atoms with van der Waals surface area (Å²) in [5.74, 6) is -0.0433. The summed E-state index contributed by atoms with van der Waals surface area (Å²) in [4.78, 5) is 12.9. The Hall–Kier alpha value is -2.22. The first-order valence-corrected chi connectivity index (χ1v) is 12.5. The normalized spacial score (nSPS) is 13.4. The second-order valence-electron chi connectivity index (χ2n) is 9.58. The fraction of sp³-hybridized carbons (Fsp3) is 0.480. The summed E-state index contributed by atoms with van der Waals surface area (Å²) in [6.45, 7) is 9.99. The Morgan fingerprint density at radius 2 is 1.59 bits per heavy atom. The number of hydrogen-bond donors (Lipinski definition) is 2. The van der Waals surface area contributed by atoms with Crippen LogP contribution in [0.3, 0.4) is 0 Å². The van der Waals surface area contributed by atoms with Crippen LogP contribution in [-0.2, 0) is 16.4 Å². The van der Waals surface area contributed by atoms with Gasteiger partial charge in [-0.3, -0.25) is 4.79 Å². The molecular weight excluding hydrogens is 424 g/mol. The Morgan fingerprint density at radius 1 is 1.00 bits per heavy atom. The molecule has 0 spiro atoms. The van der Waals surface area contributed by atoms with Gasteiger partial charge in [0.15, 0.2) is 0 Å². The van der Waals surface area contributed by atoms with Crippen molar-refractivity contribution in [3.63, 3.8) is 0 Å². The van der Waals surface area contributed by atoms with Gasteiger partial charge in [0, 0.05) is 24.2 Å². The van der Waals surface area contributed by atoms with Gasteiger partial charge < -0.3 is 10.4 Å². The molecule has 2 aromatic rings. The third kappa shape index (κ3) is 7.73. The molecule has 1 unspecified atom stereocenters. The van der Waals surface area contributed by atoms with Crippen molar-refractivity contribution in [3.05, 3.63) is 65.7 Å². The highest BCUT2D eigenvalue weighted by Crippen LogP contribution is 2.19. The first-order valence-electron chi connectivity index (χ1n) is 11.0. The number of rotatable bonds is 10. The summed E-state index contributed by atoms with van der Waals surface area (Å²) in [6, 6.07) is 15.6. The maximum absolute atomic E-state index is 13.1. The van der Waals surface area contributed by atoms with E-state index in [1.54, 1.807) is 36.4 Å². The number of nitrogens with one attached hydrogen (secondary N) is 1. The minimum absolute atomic E-state index is 0.00572. The van der Waals surface area contributed by atoms with Crippen LogP contribution in [0.2, 0.25) is 0 Å². The van der Waals surface area contributed by atoms with E-state index in [0.717, 1.165) is 5.56 Å². The molecule has 176 valence electrons. The van der Waals surface area contributed by atoms with Crippen LogP contribution in [0.15, 0.2) is 59.5 Å². The number of carbonyl (C=O) groups is 1. The van der Waals surface area contributed by atoms with Crippen molar-refractivity contribution in [1.29, 1.82) is 0 Å². The molecule has 0 saturated carbocycles. The summed E-state index contributed by atoms with van der Waals surface area (Å²) in [5.41, 5.74) is 1.05. The molecule has 0 aliphatic rings. The molecule has 0 aromatic heterocycles. The van der Waals surface area contributed by atoms with Crippen molar-refractivity contribution in [2.24, 2.45) is 5.92 Å². The highest BCUT2D eigenvalue weighted by molar-refractivity contribution is 7.89. The van der Waals surface area contributed by atoms with Gasteiger partial charge in [-0.15, -0.1) is 0 Å². The second-order valence-corrected chi connectivity index (χ2v) is 11.5. The average molecular weight is 461 g/mol. The number of sulfonamides is 1. The summed E-state index contributed by atoms with van der Waals surface area (Å²) in [5, 5.41) is 13.7. The van der Waals surface area contributed by atoms with Gasteiger partial charge in [-0.05, 0) is 63.3 Å². The van der Waals surface area contributed by atoms with Crippen molar-refractivity contribution in [1.82, 2.24) is 9.62 Å². The van der Waals surface area contributed by atoms with Gasteiger partial charge in [-0.1, -0.05) is 50.2 Å². The molecule has 2 aromatic carbocycles. The lowest BCUT2D eigenvalue weighted by Gasteiger charge is -2.26. The Bertz CT molecular complexity index is 983. The van der Waals surface area contributed by atoms with Gasteiger partial charge in [0.2, 0.25) is 10.0 Å². The van der Waals surface area contributed by atoms with E-state index in [-0.39, 0.29) is 28.8 Å². The lowest BCUT2D eigenvalue weighted by atomic mass is 9.99. The summed E-state index contributed by atoms with van der Waals surface area (Å²) in [6.07, 6.45) is -0.0416. The fourth-order valence-corrected chi connectivity index (χ4v) is 5.10. The zero-order chi connectivity index (χ0) is 23.9. The third-order valence-corrected chi connectivity index (χ3v) is 6.71. The first-order chi connectivity index (χ1) is 14.9. The number of aryl methyl sites for hydroxylation is 1. The molecule has 0 bridgehead atoms. The predicted molar refractivity (Wildman–Crippen MR) is 128 cm³/mol. The Morgan fingerprint density at radius 3 is 2.19 bits per heavy atom. The number of carbonyl (C=O) groups excluding carboxylic acids is 1. The largest absolute Gasteiger partial charge is 0.392 e. The van der Waals surface area contributed by atoms with Crippen molar-refractivity contribution < 1.29 is 18.3 Å². The number of aliphatic hydroxyl groups is 1. The minimum atomic E-state index is -3.71. The lowest BCUT2D eigenvalue weighted by Crippen LogP contribution is -2.41. The topological polar surface area (TPSA) is 86.7 Å². The monoisotopic (exact) mass is 460 g/mol. The van der Waals surface area contributed by atoms with E-state index in [2.05, 4.69) is 5.32 Å². The second kappa shape index (κ2) is 11.1. The summed E-state index contributed by atoms with van der Waals surface area (Å²) in [7, 11) is -3.71. The van der Waals surface area contributed by atoms with Crippen molar-refractivity contribution in [3.8, 4) is 0 Å². The maximum Gasteiger partial charge on any atom is 0.251 e. The molecule has 6 nitrogen and oxygen atoms in total. The molecule has 7 heteroatoms. The highest BCUT2D eigenvalue weighted by Gasteiger charge is 2.27. The van der Waals surface area contributed by atoms with Crippen LogP contribution in [0, 0.1) is 5.92 Å². The molecule has 0 radical (unpaired) electrons. The van der Waals surface area contributed by atoms with Crippen molar-refractivity contribution in [2.75, 3.05) is 13.1 Å². The van der Waals surface area contributed by atoms with E-state index in [9.17, 15) is 18.3 Å². The Balaban J connectivity index is 2.12. The molecule has 0 aliphatic carbocycles. The molecule has 0 saturated heterocycles. The first kappa shape index (κ1) is 26.0. The van der Waals surface area contributed by atoms with Crippen LogP contribution in [0.4, 0.5) is 0 Å². The zero-order valence-corrected chi connectivity index (χ0v) is 20.5. The quantitative estimate of drug-likeness (QED) is 0.564. The summed E-state index contributed by atoms with van der Waals surface area (Å²) >= 11 is 0. The molecule has 1 atom stereocenters. The van der Waals surface area contributed by atoms with Crippen molar-refractivity contribution in [2.45, 2.75) is 64.0 Å². The van der Waals surface area contributed by atoms with E-state index < -0.39 is 16.1 Å². The van der Waals surface area contributed by atoms with E-state index in [1.165, 1.54) is 4.31 Å². The SMILES string of the molecule is CC(C)CN(CC(O)CCc1ccccc1C(=O)NC(C)(C)C)S(=O)(=O)c1ccccc1. The number of benzene rings is 2. The maximum atomic E-state index is 13.1. The van der Waals surface area contributed by atoms with E-state index >= 15 is 0 Å². The molecular formula is C25H36N2O4S. The third-order valence-electron chi connectivity index (χ3n) is 4.86. The Labute approximate surface area is 192 Å². The molecule has 0 aliphatic heterocycles. The van der Waals surface area contributed by atoms with Gasteiger partial charge in [-0.25, -0.2) is 8.42 Å². The number of hydrogen-bond acceptors (Lipinski definition) is 4. The minimum Gasteiger partial charge on any atom is -0.392 e. The van der Waals surface area contributed by atoms with Crippen LogP contribution in [0.25, 0.3) is 0 Å². The van der Waals surface area contributed by atoms with Crippen LogP contribution in [0.1, 0.15) is 57.0 Å². The molecule has 0 heterocycles. The van der Waals surface area contributed by atoms with Gasteiger partial charge in [0.1, 0.15) is 0 Å². The number of nitrogens with zero attached hydrogens (tertiary/aromatic N) is 1. The lowest BCUT2D eigenvalue weighted by molar-refractivity contribution is 0.0917. The molecule has 0 fully saturated rings. The predicted octanol–water partition coefficient (Wildman–Crippen LogP) is 3.86. The molecule has 2 rings (SSSR count). The summed E-state index contributed by atoms with van der Waals surface area (Å²) < 4.78 is 27.6. The standard InChI is InChI=1S/C25H36N2O4S/c1-19(2)17-27(32(30,31)22-12-7-6-8-13-22)18-21(28)16-15-20-11-9-10-14-23(20)24(29)26-25(3,4)5/h6-14,19,21,28H,15-18H2,1-5H3,(H,26,29).